The van der Waals surface area contributed by atoms with Crippen molar-refractivity contribution in [3.63, 3.8) is 0 Å². The summed E-state index contributed by atoms with van der Waals surface area (Å²) in [6.45, 7) is 0.894. The van der Waals surface area contributed by atoms with Crippen LogP contribution in [0.4, 0.5) is 0 Å². The van der Waals surface area contributed by atoms with Crippen LogP contribution in [0.25, 0.3) is 0 Å². The van der Waals surface area contributed by atoms with E-state index in [2.05, 4.69) is 10.1 Å². The van der Waals surface area contributed by atoms with Gasteiger partial charge in [-0.2, -0.15) is 4.98 Å². The van der Waals surface area contributed by atoms with E-state index >= 15 is 0 Å². The van der Waals surface area contributed by atoms with E-state index in [9.17, 15) is 0 Å². The van der Waals surface area contributed by atoms with Crippen LogP contribution in [0.3, 0.4) is 0 Å². The van der Waals surface area contributed by atoms with E-state index in [0.29, 0.717) is 18.1 Å². The second-order valence-electron chi connectivity index (χ2n) is 3.72. The Hall–Kier alpha value is -0.980. The highest BCUT2D eigenvalue weighted by Crippen LogP contribution is 2.10. The SMILES string of the molecule is CN(C)CCc1noc(C(N)CCO)n1. The van der Waals surface area contributed by atoms with Crippen LogP contribution in [0, 0.1) is 0 Å². The second kappa shape index (κ2) is 5.79. The number of nitrogens with zero attached hydrogens (tertiary/aromatic N) is 3. The highest BCUT2D eigenvalue weighted by Gasteiger charge is 2.13. The monoisotopic (exact) mass is 214 g/mol. The number of aliphatic hydroxyl groups is 1. The van der Waals surface area contributed by atoms with Gasteiger partial charge >= 0.3 is 0 Å². The predicted molar refractivity (Wildman–Crippen MR) is 55.2 cm³/mol. The summed E-state index contributed by atoms with van der Waals surface area (Å²) in [7, 11) is 3.97. The Morgan fingerprint density at radius 3 is 2.87 bits per heavy atom. The molecule has 1 unspecified atom stereocenters. The number of likely N-dealkylation sites (N-methyl/N-ethyl adjacent to an activating group) is 1. The Morgan fingerprint density at radius 2 is 2.27 bits per heavy atom. The maximum absolute atomic E-state index is 8.70. The van der Waals surface area contributed by atoms with Crippen LogP contribution in [0.1, 0.15) is 24.2 Å². The summed E-state index contributed by atoms with van der Waals surface area (Å²) in [6, 6.07) is -0.365. The molecule has 1 aromatic rings. The quantitative estimate of drug-likeness (QED) is 0.667. The van der Waals surface area contributed by atoms with Crippen LogP contribution >= 0.6 is 0 Å². The molecule has 0 radical (unpaired) electrons. The molecule has 1 aromatic heterocycles. The zero-order valence-corrected chi connectivity index (χ0v) is 9.18. The van der Waals surface area contributed by atoms with Gasteiger partial charge in [-0.15, -0.1) is 0 Å². The molecular formula is C9H18N4O2. The van der Waals surface area contributed by atoms with Crippen molar-refractivity contribution < 1.29 is 9.63 Å². The number of aromatic nitrogens is 2. The molecule has 6 heteroatoms. The molecule has 0 saturated carbocycles. The van der Waals surface area contributed by atoms with Crippen LogP contribution < -0.4 is 5.73 Å². The minimum atomic E-state index is -0.365. The molecule has 1 atom stereocenters. The van der Waals surface area contributed by atoms with Gasteiger partial charge in [0.2, 0.25) is 5.89 Å². The van der Waals surface area contributed by atoms with Gasteiger partial charge in [-0.25, -0.2) is 0 Å². The molecule has 0 aromatic carbocycles. The Balaban J connectivity index is 2.48. The molecular weight excluding hydrogens is 196 g/mol. The third-order valence-electron chi connectivity index (χ3n) is 2.02. The van der Waals surface area contributed by atoms with Gasteiger partial charge in [0.1, 0.15) is 0 Å². The molecule has 6 nitrogen and oxygen atoms in total. The van der Waals surface area contributed by atoms with E-state index in [0.717, 1.165) is 13.0 Å². The first-order chi connectivity index (χ1) is 7.13. The standard InChI is InChI=1S/C9H18N4O2/c1-13(2)5-3-8-11-9(15-12-8)7(10)4-6-14/h7,14H,3-6,10H2,1-2H3. The summed E-state index contributed by atoms with van der Waals surface area (Å²) < 4.78 is 5.00. The van der Waals surface area contributed by atoms with Crippen LogP contribution in [-0.2, 0) is 6.42 Å². The zero-order valence-electron chi connectivity index (χ0n) is 9.18. The second-order valence-corrected chi connectivity index (χ2v) is 3.72. The average molecular weight is 214 g/mol. The van der Waals surface area contributed by atoms with Crippen molar-refractivity contribution in [1.29, 1.82) is 0 Å². The summed E-state index contributed by atoms with van der Waals surface area (Å²) in [6.07, 6.45) is 1.18. The fourth-order valence-electron chi connectivity index (χ4n) is 1.11. The molecule has 0 spiro atoms. The van der Waals surface area contributed by atoms with Crippen molar-refractivity contribution in [3.8, 4) is 0 Å². The molecule has 0 aliphatic carbocycles. The molecule has 0 bridgehead atoms. The van der Waals surface area contributed by atoms with E-state index in [1.807, 2.05) is 19.0 Å². The lowest BCUT2D eigenvalue weighted by molar-refractivity contribution is 0.259. The summed E-state index contributed by atoms with van der Waals surface area (Å²) in [5.41, 5.74) is 5.71. The first-order valence-electron chi connectivity index (χ1n) is 4.97. The van der Waals surface area contributed by atoms with Gasteiger partial charge in [0.15, 0.2) is 5.82 Å². The molecule has 1 heterocycles. The van der Waals surface area contributed by atoms with Crippen LogP contribution in [0.15, 0.2) is 4.52 Å². The lowest BCUT2D eigenvalue weighted by Crippen LogP contribution is -2.16. The van der Waals surface area contributed by atoms with Crippen LogP contribution in [-0.4, -0.2) is 47.4 Å². The van der Waals surface area contributed by atoms with Crippen molar-refractivity contribution in [2.75, 3.05) is 27.2 Å². The largest absolute Gasteiger partial charge is 0.396 e. The molecule has 0 amide bonds. The molecule has 0 aliphatic heterocycles. The van der Waals surface area contributed by atoms with Crippen LogP contribution in [0.5, 0.6) is 0 Å². The Bertz CT molecular complexity index is 287. The normalized spacial score (nSPS) is 13.4. The number of aliphatic hydroxyl groups excluding tert-OH is 1. The van der Waals surface area contributed by atoms with E-state index in [-0.39, 0.29) is 12.6 Å². The predicted octanol–water partition coefficient (Wildman–Crippen LogP) is -0.444. The fraction of sp³-hybridized carbons (Fsp3) is 0.778. The van der Waals surface area contributed by atoms with E-state index in [1.54, 1.807) is 0 Å². The summed E-state index contributed by atoms with van der Waals surface area (Å²) >= 11 is 0. The Kier molecular flexibility index (Phi) is 4.67. The lowest BCUT2D eigenvalue weighted by atomic mass is 10.2. The van der Waals surface area contributed by atoms with Crippen LogP contribution in [0.2, 0.25) is 0 Å². The molecule has 86 valence electrons. The third kappa shape index (κ3) is 3.94. The maximum atomic E-state index is 8.70. The van der Waals surface area contributed by atoms with E-state index in [4.69, 9.17) is 15.4 Å². The van der Waals surface area contributed by atoms with E-state index < -0.39 is 0 Å². The van der Waals surface area contributed by atoms with Gasteiger partial charge in [0.05, 0.1) is 6.04 Å². The molecule has 0 fully saturated rings. The number of hydrogen-bond donors (Lipinski definition) is 2. The highest BCUT2D eigenvalue weighted by atomic mass is 16.5. The molecule has 0 aliphatic rings. The summed E-state index contributed by atoms with van der Waals surface area (Å²) in [5.74, 6) is 1.06. The number of nitrogens with two attached hydrogens (primary N) is 1. The zero-order chi connectivity index (χ0) is 11.3. The first kappa shape index (κ1) is 12.1. The highest BCUT2D eigenvalue weighted by molar-refractivity contribution is 4.92. The summed E-state index contributed by atoms with van der Waals surface area (Å²) in [4.78, 5) is 6.21. The maximum Gasteiger partial charge on any atom is 0.243 e. The van der Waals surface area contributed by atoms with Gasteiger partial charge in [-0.1, -0.05) is 5.16 Å². The van der Waals surface area contributed by atoms with Crippen molar-refractivity contribution in [2.45, 2.75) is 18.9 Å². The summed E-state index contributed by atoms with van der Waals surface area (Å²) in [5, 5.41) is 12.5. The molecule has 0 saturated heterocycles. The third-order valence-corrected chi connectivity index (χ3v) is 2.02. The van der Waals surface area contributed by atoms with Gasteiger partial charge in [-0.3, -0.25) is 0 Å². The van der Waals surface area contributed by atoms with Gasteiger partial charge < -0.3 is 20.3 Å². The lowest BCUT2D eigenvalue weighted by Gasteiger charge is -2.05. The topological polar surface area (TPSA) is 88.4 Å². The van der Waals surface area contributed by atoms with Crippen molar-refractivity contribution in [1.82, 2.24) is 15.0 Å². The first-order valence-corrected chi connectivity index (χ1v) is 4.97. The van der Waals surface area contributed by atoms with E-state index in [1.165, 1.54) is 0 Å². The average Bonchev–Trinajstić information content (AvgIpc) is 2.63. The minimum Gasteiger partial charge on any atom is -0.396 e. The Morgan fingerprint density at radius 1 is 1.53 bits per heavy atom. The van der Waals surface area contributed by atoms with Crippen molar-refractivity contribution >= 4 is 0 Å². The molecule has 15 heavy (non-hydrogen) atoms. The van der Waals surface area contributed by atoms with Gasteiger partial charge in [0, 0.05) is 19.6 Å². The van der Waals surface area contributed by atoms with Crippen molar-refractivity contribution in [2.24, 2.45) is 5.73 Å². The van der Waals surface area contributed by atoms with Gasteiger partial charge in [-0.05, 0) is 20.5 Å². The Labute approximate surface area is 89.1 Å². The molecule has 1 rings (SSSR count). The fourth-order valence-corrected chi connectivity index (χ4v) is 1.11. The molecule has 3 N–H and O–H groups in total. The smallest absolute Gasteiger partial charge is 0.243 e. The van der Waals surface area contributed by atoms with Crippen molar-refractivity contribution in [3.05, 3.63) is 11.7 Å². The number of hydrogen-bond acceptors (Lipinski definition) is 6. The minimum absolute atomic E-state index is 0.0244. The van der Waals surface area contributed by atoms with Gasteiger partial charge in [0.25, 0.3) is 0 Å². The number of rotatable bonds is 6.